The highest BCUT2D eigenvalue weighted by molar-refractivity contribution is 6.03. The third-order valence-electron chi connectivity index (χ3n) is 3.77. The Balaban J connectivity index is 1.94. The first-order valence-electron chi connectivity index (χ1n) is 7.21. The number of carbonyl (C=O) groups excluding carboxylic acids is 2. The zero-order valence-electron chi connectivity index (χ0n) is 12.0. The molecular weight excluding hydrogens is 268 g/mol. The standard InChI is InChI=1S/C15H22N4O2/c16-8-11-4-3-7-19(9-11)10-14(20)18-13-6-2-1-5-12(13)15(17)21/h1-2,5-6,11H,3-4,7-10,16H2,(H2,17,21)(H,18,20). The molecule has 5 N–H and O–H groups in total. The van der Waals surface area contributed by atoms with Gasteiger partial charge in [-0.1, -0.05) is 12.1 Å². The molecule has 6 nitrogen and oxygen atoms in total. The Labute approximate surface area is 124 Å². The molecule has 0 radical (unpaired) electrons. The maximum Gasteiger partial charge on any atom is 0.250 e. The summed E-state index contributed by atoms with van der Waals surface area (Å²) in [5.41, 5.74) is 11.8. The Bertz CT molecular complexity index is 518. The van der Waals surface area contributed by atoms with Crippen LogP contribution in [0.15, 0.2) is 24.3 Å². The Morgan fingerprint density at radius 3 is 2.81 bits per heavy atom. The van der Waals surface area contributed by atoms with Gasteiger partial charge in [0.05, 0.1) is 17.8 Å². The summed E-state index contributed by atoms with van der Waals surface area (Å²) in [4.78, 5) is 25.5. The van der Waals surface area contributed by atoms with Crippen LogP contribution in [-0.4, -0.2) is 42.9 Å². The molecule has 0 saturated carbocycles. The topological polar surface area (TPSA) is 101 Å². The lowest BCUT2D eigenvalue weighted by molar-refractivity contribution is -0.117. The first-order chi connectivity index (χ1) is 10.1. The lowest BCUT2D eigenvalue weighted by atomic mass is 9.98. The van der Waals surface area contributed by atoms with Crippen molar-refractivity contribution >= 4 is 17.5 Å². The fraction of sp³-hybridized carbons (Fsp3) is 0.467. The number of piperidine rings is 1. The van der Waals surface area contributed by atoms with Crippen LogP contribution in [0, 0.1) is 5.92 Å². The first-order valence-corrected chi connectivity index (χ1v) is 7.21. The average Bonchev–Trinajstić information content (AvgIpc) is 2.47. The van der Waals surface area contributed by atoms with Crippen molar-refractivity contribution in [1.29, 1.82) is 0 Å². The highest BCUT2D eigenvalue weighted by atomic mass is 16.2. The third-order valence-corrected chi connectivity index (χ3v) is 3.77. The number of hydrogen-bond donors (Lipinski definition) is 3. The minimum Gasteiger partial charge on any atom is -0.366 e. The second-order valence-corrected chi connectivity index (χ2v) is 5.44. The van der Waals surface area contributed by atoms with E-state index in [9.17, 15) is 9.59 Å². The lowest BCUT2D eigenvalue weighted by Gasteiger charge is -2.31. The van der Waals surface area contributed by atoms with Crippen molar-refractivity contribution in [3.8, 4) is 0 Å². The largest absolute Gasteiger partial charge is 0.366 e. The number of para-hydroxylation sites is 1. The van der Waals surface area contributed by atoms with E-state index in [0.29, 0.717) is 30.3 Å². The van der Waals surface area contributed by atoms with Crippen molar-refractivity contribution < 1.29 is 9.59 Å². The van der Waals surface area contributed by atoms with E-state index < -0.39 is 5.91 Å². The van der Waals surface area contributed by atoms with Gasteiger partial charge in [-0.25, -0.2) is 0 Å². The first kappa shape index (κ1) is 15.5. The molecule has 21 heavy (non-hydrogen) atoms. The fourth-order valence-electron chi connectivity index (χ4n) is 2.69. The molecule has 2 amide bonds. The van der Waals surface area contributed by atoms with E-state index in [1.54, 1.807) is 24.3 Å². The summed E-state index contributed by atoms with van der Waals surface area (Å²) in [6, 6.07) is 6.75. The van der Waals surface area contributed by atoms with Crippen molar-refractivity contribution in [3.05, 3.63) is 29.8 Å². The maximum absolute atomic E-state index is 12.1. The van der Waals surface area contributed by atoms with E-state index >= 15 is 0 Å². The molecule has 2 rings (SSSR count). The molecule has 1 fully saturated rings. The van der Waals surface area contributed by atoms with Crippen molar-refractivity contribution in [2.24, 2.45) is 17.4 Å². The quantitative estimate of drug-likeness (QED) is 0.730. The van der Waals surface area contributed by atoms with Crippen LogP contribution in [0.1, 0.15) is 23.2 Å². The molecule has 1 atom stereocenters. The molecule has 114 valence electrons. The molecule has 1 saturated heterocycles. The van der Waals surface area contributed by atoms with E-state index in [-0.39, 0.29) is 5.91 Å². The Morgan fingerprint density at radius 1 is 1.33 bits per heavy atom. The lowest BCUT2D eigenvalue weighted by Crippen LogP contribution is -2.42. The van der Waals surface area contributed by atoms with Crippen molar-refractivity contribution in [1.82, 2.24) is 4.90 Å². The zero-order valence-corrected chi connectivity index (χ0v) is 12.0. The van der Waals surface area contributed by atoms with E-state index in [2.05, 4.69) is 10.2 Å². The van der Waals surface area contributed by atoms with Crippen molar-refractivity contribution in [2.75, 3.05) is 31.5 Å². The Morgan fingerprint density at radius 2 is 2.10 bits per heavy atom. The number of nitrogens with zero attached hydrogens (tertiary/aromatic N) is 1. The Hall–Kier alpha value is -1.92. The number of primary amides is 1. The summed E-state index contributed by atoms with van der Waals surface area (Å²) in [6.45, 7) is 2.72. The molecule has 0 aliphatic carbocycles. The van der Waals surface area contributed by atoms with E-state index in [1.807, 2.05) is 0 Å². The third kappa shape index (κ3) is 4.27. The van der Waals surface area contributed by atoms with E-state index in [0.717, 1.165) is 25.9 Å². The summed E-state index contributed by atoms with van der Waals surface area (Å²) in [5.74, 6) is -0.224. The van der Waals surface area contributed by atoms with Crippen LogP contribution in [-0.2, 0) is 4.79 Å². The van der Waals surface area contributed by atoms with Gasteiger partial charge >= 0.3 is 0 Å². The van der Waals surface area contributed by atoms with Gasteiger partial charge in [-0.3, -0.25) is 14.5 Å². The van der Waals surface area contributed by atoms with Gasteiger partial charge in [0.2, 0.25) is 5.91 Å². The monoisotopic (exact) mass is 290 g/mol. The maximum atomic E-state index is 12.1. The smallest absolute Gasteiger partial charge is 0.250 e. The summed E-state index contributed by atoms with van der Waals surface area (Å²) < 4.78 is 0. The molecule has 0 aromatic heterocycles. The molecule has 1 aromatic carbocycles. The van der Waals surface area contributed by atoms with E-state index in [4.69, 9.17) is 11.5 Å². The van der Waals surface area contributed by atoms with Gasteiger partial charge in [0.25, 0.3) is 5.91 Å². The number of rotatable bonds is 5. The van der Waals surface area contributed by atoms with Crippen LogP contribution < -0.4 is 16.8 Å². The number of carbonyl (C=O) groups is 2. The second kappa shape index (κ2) is 7.19. The predicted molar refractivity (Wildman–Crippen MR) is 81.8 cm³/mol. The minimum atomic E-state index is -0.549. The van der Waals surface area contributed by atoms with Gasteiger partial charge < -0.3 is 16.8 Å². The predicted octanol–water partition coefficient (Wildman–Crippen LogP) is 0.395. The number of benzene rings is 1. The van der Waals surface area contributed by atoms with Gasteiger partial charge in [0.1, 0.15) is 0 Å². The highest BCUT2D eigenvalue weighted by Crippen LogP contribution is 2.16. The van der Waals surface area contributed by atoms with Gasteiger partial charge in [0.15, 0.2) is 0 Å². The molecule has 0 bridgehead atoms. The van der Waals surface area contributed by atoms with Gasteiger partial charge in [-0.05, 0) is 44.0 Å². The number of anilines is 1. The van der Waals surface area contributed by atoms with Crippen LogP contribution in [0.3, 0.4) is 0 Å². The second-order valence-electron chi connectivity index (χ2n) is 5.44. The van der Waals surface area contributed by atoms with Crippen molar-refractivity contribution in [3.63, 3.8) is 0 Å². The molecule has 1 heterocycles. The normalized spacial score (nSPS) is 19.2. The van der Waals surface area contributed by atoms with Gasteiger partial charge in [-0.2, -0.15) is 0 Å². The molecule has 1 aliphatic rings. The number of nitrogens with one attached hydrogen (secondary N) is 1. The average molecular weight is 290 g/mol. The number of nitrogens with two attached hydrogens (primary N) is 2. The van der Waals surface area contributed by atoms with Crippen LogP contribution in [0.25, 0.3) is 0 Å². The zero-order chi connectivity index (χ0) is 15.2. The van der Waals surface area contributed by atoms with E-state index in [1.165, 1.54) is 0 Å². The minimum absolute atomic E-state index is 0.138. The SMILES string of the molecule is NCC1CCCN(CC(=O)Nc2ccccc2C(N)=O)C1. The van der Waals surface area contributed by atoms with Gasteiger partial charge in [0, 0.05) is 6.54 Å². The van der Waals surface area contributed by atoms with Crippen molar-refractivity contribution in [2.45, 2.75) is 12.8 Å². The summed E-state index contributed by atoms with van der Waals surface area (Å²) in [6.07, 6.45) is 2.19. The highest BCUT2D eigenvalue weighted by Gasteiger charge is 2.21. The van der Waals surface area contributed by atoms with Gasteiger partial charge in [-0.15, -0.1) is 0 Å². The molecular formula is C15H22N4O2. The number of likely N-dealkylation sites (tertiary alicyclic amines) is 1. The fourth-order valence-corrected chi connectivity index (χ4v) is 2.69. The molecule has 6 heteroatoms. The molecule has 1 aliphatic heterocycles. The van der Waals surface area contributed by atoms with Crippen LogP contribution in [0.4, 0.5) is 5.69 Å². The van der Waals surface area contributed by atoms with Crippen LogP contribution >= 0.6 is 0 Å². The van der Waals surface area contributed by atoms with Crippen LogP contribution in [0.2, 0.25) is 0 Å². The summed E-state index contributed by atoms with van der Waals surface area (Å²) in [7, 11) is 0. The number of hydrogen-bond acceptors (Lipinski definition) is 4. The molecule has 1 unspecified atom stereocenters. The number of amides is 2. The Kier molecular flexibility index (Phi) is 5.30. The summed E-state index contributed by atoms with van der Waals surface area (Å²) in [5, 5.41) is 2.76. The molecule has 1 aromatic rings. The van der Waals surface area contributed by atoms with Crippen LogP contribution in [0.5, 0.6) is 0 Å². The summed E-state index contributed by atoms with van der Waals surface area (Å²) >= 11 is 0. The molecule has 0 spiro atoms.